The molecule has 0 unspecified atom stereocenters. The standard InChI is InChI=1S/C20H30N6S/c1-4-19-24-17(14-27-19)13-22-20(21-5-2)25-16-9-11-26(12-10-16)18-8-6-7-15(3)23-18/h6-8,14,16H,4-5,9-13H2,1-3H3,(H2,21,22,25). The van der Waals surface area contributed by atoms with Gasteiger partial charge in [-0.2, -0.15) is 0 Å². The topological polar surface area (TPSA) is 65.4 Å². The van der Waals surface area contributed by atoms with Crippen molar-refractivity contribution in [3.63, 3.8) is 0 Å². The number of thiazole rings is 1. The van der Waals surface area contributed by atoms with Gasteiger partial charge < -0.3 is 15.5 Å². The van der Waals surface area contributed by atoms with Gasteiger partial charge in [0.15, 0.2) is 5.96 Å². The molecule has 2 aromatic rings. The first kappa shape index (κ1) is 19.6. The summed E-state index contributed by atoms with van der Waals surface area (Å²) >= 11 is 1.72. The summed E-state index contributed by atoms with van der Waals surface area (Å²) in [5.41, 5.74) is 2.12. The molecule has 0 atom stereocenters. The number of aliphatic imine (C=N–C) groups is 1. The van der Waals surface area contributed by atoms with E-state index in [1.165, 1.54) is 5.01 Å². The molecule has 1 aliphatic rings. The van der Waals surface area contributed by atoms with Gasteiger partial charge in [0, 0.05) is 36.8 Å². The van der Waals surface area contributed by atoms with Crippen LogP contribution in [-0.4, -0.2) is 41.6 Å². The number of guanidine groups is 1. The number of anilines is 1. The molecule has 0 amide bonds. The molecule has 3 heterocycles. The molecule has 1 fully saturated rings. The molecular formula is C20H30N6S. The Kier molecular flexibility index (Phi) is 7.04. The Morgan fingerprint density at radius 2 is 2.07 bits per heavy atom. The number of pyridine rings is 1. The van der Waals surface area contributed by atoms with Crippen molar-refractivity contribution in [2.24, 2.45) is 4.99 Å². The van der Waals surface area contributed by atoms with Crippen molar-refractivity contribution in [2.45, 2.75) is 52.6 Å². The van der Waals surface area contributed by atoms with E-state index in [2.05, 4.69) is 56.9 Å². The molecule has 146 valence electrons. The van der Waals surface area contributed by atoms with Gasteiger partial charge in [-0.3, -0.25) is 0 Å². The molecule has 0 aliphatic carbocycles. The number of rotatable bonds is 6. The third kappa shape index (κ3) is 5.66. The third-order valence-corrected chi connectivity index (χ3v) is 5.72. The quantitative estimate of drug-likeness (QED) is 0.590. The van der Waals surface area contributed by atoms with Crippen LogP contribution in [0, 0.1) is 6.92 Å². The first-order valence-corrected chi connectivity index (χ1v) is 10.7. The lowest BCUT2D eigenvalue weighted by atomic mass is 10.1. The molecule has 3 rings (SSSR count). The van der Waals surface area contributed by atoms with Crippen LogP contribution in [0.4, 0.5) is 5.82 Å². The van der Waals surface area contributed by atoms with Crippen LogP contribution >= 0.6 is 11.3 Å². The normalized spacial score (nSPS) is 15.8. The summed E-state index contributed by atoms with van der Waals surface area (Å²) in [6, 6.07) is 6.67. The van der Waals surface area contributed by atoms with Gasteiger partial charge in [-0.15, -0.1) is 11.3 Å². The fraction of sp³-hybridized carbons (Fsp3) is 0.550. The fourth-order valence-electron chi connectivity index (χ4n) is 3.22. The maximum Gasteiger partial charge on any atom is 0.191 e. The number of hydrogen-bond donors (Lipinski definition) is 2. The van der Waals surface area contributed by atoms with Crippen LogP contribution in [0.5, 0.6) is 0 Å². The van der Waals surface area contributed by atoms with Crippen LogP contribution in [0.15, 0.2) is 28.6 Å². The number of aryl methyl sites for hydroxylation is 2. The molecule has 6 nitrogen and oxygen atoms in total. The number of nitrogens with one attached hydrogen (secondary N) is 2. The first-order chi connectivity index (χ1) is 13.2. The average Bonchev–Trinajstić information content (AvgIpc) is 3.15. The van der Waals surface area contributed by atoms with E-state index < -0.39 is 0 Å². The third-order valence-electron chi connectivity index (χ3n) is 4.68. The van der Waals surface area contributed by atoms with Crippen molar-refractivity contribution in [1.82, 2.24) is 20.6 Å². The Morgan fingerprint density at radius 1 is 1.26 bits per heavy atom. The highest BCUT2D eigenvalue weighted by Gasteiger charge is 2.21. The molecule has 0 radical (unpaired) electrons. The first-order valence-electron chi connectivity index (χ1n) is 9.84. The summed E-state index contributed by atoms with van der Waals surface area (Å²) in [4.78, 5) is 16.3. The second kappa shape index (κ2) is 9.69. The second-order valence-corrected chi connectivity index (χ2v) is 7.77. The summed E-state index contributed by atoms with van der Waals surface area (Å²) in [6.07, 6.45) is 3.15. The number of aromatic nitrogens is 2. The van der Waals surface area contributed by atoms with Crippen LogP contribution in [0.2, 0.25) is 0 Å². The van der Waals surface area contributed by atoms with Crippen molar-refractivity contribution in [1.29, 1.82) is 0 Å². The van der Waals surface area contributed by atoms with E-state index >= 15 is 0 Å². The second-order valence-electron chi connectivity index (χ2n) is 6.82. The highest BCUT2D eigenvalue weighted by Crippen LogP contribution is 2.18. The maximum atomic E-state index is 4.73. The Hall–Kier alpha value is -2.15. The summed E-state index contributed by atoms with van der Waals surface area (Å²) in [7, 11) is 0. The van der Waals surface area contributed by atoms with E-state index in [0.717, 1.165) is 62.1 Å². The van der Waals surface area contributed by atoms with Crippen molar-refractivity contribution in [3.05, 3.63) is 40.0 Å². The zero-order valence-electron chi connectivity index (χ0n) is 16.5. The maximum absolute atomic E-state index is 4.73. The van der Waals surface area contributed by atoms with Gasteiger partial charge in [-0.25, -0.2) is 15.0 Å². The fourth-order valence-corrected chi connectivity index (χ4v) is 3.95. The predicted molar refractivity (Wildman–Crippen MR) is 114 cm³/mol. The molecule has 7 heteroatoms. The molecule has 2 N–H and O–H groups in total. The van der Waals surface area contributed by atoms with E-state index in [-0.39, 0.29) is 0 Å². The molecule has 2 aromatic heterocycles. The Labute approximate surface area is 166 Å². The van der Waals surface area contributed by atoms with Crippen molar-refractivity contribution < 1.29 is 0 Å². The minimum absolute atomic E-state index is 0.436. The Balaban J connectivity index is 1.53. The monoisotopic (exact) mass is 386 g/mol. The van der Waals surface area contributed by atoms with E-state index in [9.17, 15) is 0 Å². The average molecular weight is 387 g/mol. The summed E-state index contributed by atoms with van der Waals surface area (Å²) in [5, 5.41) is 10.2. The van der Waals surface area contributed by atoms with Gasteiger partial charge in [0.2, 0.25) is 0 Å². The minimum atomic E-state index is 0.436. The van der Waals surface area contributed by atoms with Crippen LogP contribution in [0.1, 0.15) is 43.1 Å². The molecule has 0 bridgehead atoms. The molecule has 1 saturated heterocycles. The largest absolute Gasteiger partial charge is 0.357 e. The van der Waals surface area contributed by atoms with Crippen molar-refractivity contribution in [2.75, 3.05) is 24.5 Å². The van der Waals surface area contributed by atoms with Gasteiger partial charge in [-0.1, -0.05) is 13.0 Å². The van der Waals surface area contributed by atoms with E-state index in [0.29, 0.717) is 12.6 Å². The van der Waals surface area contributed by atoms with Crippen LogP contribution < -0.4 is 15.5 Å². The van der Waals surface area contributed by atoms with Crippen molar-refractivity contribution >= 4 is 23.1 Å². The lowest BCUT2D eigenvalue weighted by Crippen LogP contribution is -2.48. The van der Waals surface area contributed by atoms with Crippen LogP contribution in [-0.2, 0) is 13.0 Å². The van der Waals surface area contributed by atoms with Crippen LogP contribution in [0.3, 0.4) is 0 Å². The van der Waals surface area contributed by atoms with Gasteiger partial charge in [0.25, 0.3) is 0 Å². The number of nitrogens with zero attached hydrogens (tertiary/aromatic N) is 4. The lowest BCUT2D eigenvalue weighted by molar-refractivity contribution is 0.459. The van der Waals surface area contributed by atoms with Crippen LogP contribution in [0.25, 0.3) is 0 Å². The SMILES string of the molecule is CCNC(=NCc1csc(CC)n1)NC1CCN(c2cccc(C)n2)CC1. The Bertz CT molecular complexity index is 748. The predicted octanol–water partition coefficient (Wildman–Crippen LogP) is 3.13. The minimum Gasteiger partial charge on any atom is -0.357 e. The zero-order valence-corrected chi connectivity index (χ0v) is 17.4. The summed E-state index contributed by atoms with van der Waals surface area (Å²) in [6.45, 7) is 9.78. The Morgan fingerprint density at radius 3 is 2.74 bits per heavy atom. The number of hydrogen-bond acceptors (Lipinski definition) is 5. The van der Waals surface area contributed by atoms with Gasteiger partial charge >= 0.3 is 0 Å². The van der Waals surface area contributed by atoms with E-state index in [1.54, 1.807) is 11.3 Å². The smallest absolute Gasteiger partial charge is 0.191 e. The highest BCUT2D eigenvalue weighted by atomic mass is 32.1. The molecule has 0 saturated carbocycles. The van der Waals surface area contributed by atoms with E-state index in [4.69, 9.17) is 4.99 Å². The van der Waals surface area contributed by atoms with Gasteiger partial charge in [-0.05, 0) is 45.2 Å². The molecule has 1 aliphatic heterocycles. The molecule has 0 aromatic carbocycles. The highest BCUT2D eigenvalue weighted by molar-refractivity contribution is 7.09. The molecule has 27 heavy (non-hydrogen) atoms. The summed E-state index contributed by atoms with van der Waals surface area (Å²) < 4.78 is 0. The lowest BCUT2D eigenvalue weighted by Gasteiger charge is -2.34. The zero-order chi connectivity index (χ0) is 19.1. The van der Waals surface area contributed by atoms with E-state index in [1.807, 2.05) is 13.0 Å². The van der Waals surface area contributed by atoms with Gasteiger partial charge in [0.05, 0.1) is 17.2 Å². The molecular weight excluding hydrogens is 356 g/mol. The molecule has 0 spiro atoms. The van der Waals surface area contributed by atoms with Gasteiger partial charge in [0.1, 0.15) is 5.82 Å². The summed E-state index contributed by atoms with van der Waals surface area (Å²) in [5.74, 6) is 1.97. The number of piperidine rings is 1. The van der Waals surface area contributed by atoms with Crippen molar-refractivity contribution in [3.8, 4) is 0 Å².